The van der Waals surface area contributed by atoms with E-state index < -0.39 is 26.9 Å². The fourth-order valence-electron chi connectivity index (χ4n) is 3.67. The molecule has 3 heterocycles. The predicted octanol–water partition coefficient (Wildman–Crippen LogP) is 3.78. The number of sulfone groups is 1. The van der Waals surface area contributed by atoms with E-state index in [1.165, 1.54) is 14.2 Å². The highest BCUT2D eigenvalue weighted by atomic mass is 35.5. The molecule has 12 heteroatoms. The van der Waals surface area contributed by atoms with E-state index in [1.807, 2.05) is 6.92 Å². The van der Waals surface area contributed by atoms with Crippen molar-refractivity contribution in [3.05, 3.63) is 77.1 Å². The molecule has 0 aliphatic rings. The van der Waals surface area contributed by atoms with Crippen LogP contribution in [0.4, 0.5) is 0 Å². The second kappa shape index (κ2) is 10.7. The van der Waals surface area contributed by atoms with Crippen LogP contribution in [0, 0.1) is 6.92 Å². The van der Waals surface area contributed by atoms with E-state index in [-0.39, 0.29) is 11.6 Å². The Morgan fingerprint density at radius 2 is 1.75 bits per heavy atom. The molecule has 36 heavy (non-hydrogen) atoms. The number of halogens is 1. The molecule has 0 aliphatic carbocycles. The predicted molar refractivity (Wildman–Crippen MR) is 135 cm³/mol. The van der Waals surface area contributed by atoms with Crippen LogP contribution in [0.15, 0.2) is 54.9 Å². The van der Waals surface area contributed by atoms with Gasteiger partial charge in [-0.05, 0) is 37.6 Å². The van der Waals surface area contributed by atoms with Crippen molar-refractivity contribution in [1.29, 1.82) is 0 Å². The van der Waals surface area contributed by atoms with Crippen LogP contribution in [0.3, 0.4) is 0 Å². The lowest BCUT2D eigenvalue weighted by molar-refractivity contribution is 0.0947. The fraction of sp³-hybridized carbons (Fsp3) is 0.292. The number of methoxy groups -OCH3 is 2. The van der Waals surface area contributed by atoms with Crippen molar-refractivity contribution in [3.8, 4) is 23.1 Å². The number of ether oxygens (including phenoxy) is 2. The molecule has 3 aromatic heterocycles. The minimum atomic E-state index is -3.82. The van der Waals surface area contributed by atoms with Crippen molar-refractivity contribution in [1.82, 2.24) is 29.7 Å². The van der Waals surface area contributed by atoms with Crippen molar-refractivity contribution < 1.29 is 17.9 Å². The van der Waals surface area contributed by atoms with Crippen molar-refractivity contribution >= 4 is 21.4 Å². The van der Waals surface area contributed by atoms with E-state index in [2.05, 4.69) is 25.1 Å². The standard InChI is InChI=1S/C24H25ClN6O4S/c1-15-12-26-23(27-13-15)22(35-4)16(2)36(32,33)14-20-29-30-24(18-9-7-11-21(28-18)34-3)31(20)19-10-6-5-8-17(19)25/h5-13,16,22H,14H2,1-4H3/t16-,22-/m0/s1. The molecule has 0 saturated heterocycles. The molecule has 188 valence electrons. The summed E-state index contributed by atoms with van der Waals surface area (Å²) in [5.74, 6) is 0.736. The Morgan fingerprint density at radius 1 is 1.03 bits per heavy atom. The molecular weight excluding hydrogens is 504 g/mol. The van der Waals surface area contributed by atoms with Crippen LogP contribution in [0.2, 0.25) is 5.02 Å². The Hall–Kier alpha value is -3.41. The minimum absolute atomic E-state index is 0.175. The molecule has 4 aromatic rings. The zero-order chi connectivity index (χ0) is 25.9. The number of para-hydroxylation sites is 1. The van der Waals surface area contributed by atoms with Gasteiger partial charge >= 0.3 is 0 Å². The maximum Gasteiger partial charge on any atom is 0.213 e. The molecule has 4 rings (SSSR count). The average Bonchev–Trinajstić information content (AvgIpc) is 3.28. The van der Waals surface area contributed by atoms with Gasteiger partial charge in [-0.15, -0.1) is 10.2 Å². The van der Waals surface area contributed by atoms with Gasteiger partial charge < -0.3 is 9.47 Å². The van der Waals surface area contributed by atoms with Crippen molar-refractivity contribution in [2.75, 3.05) is 14.2 Å². The Bertz CT molecular complexity index is 1460. The molecule has 0 amide bonds. The van der Waals surface area contributed by atoms with E-state index in [1.54, 1.807) is 66.3 Å². The molecule has 0 spiro atoms. The Balaban J connectivity index is 1.77. The van der Waals surface area contributed by atoms with E-state index in [0.29, 0.717) is 28.1 Å². The molecule has 0 aliphatic heterocycles. The SMILES string of the molecule is COc1cccc(-c2nnc(CS(=O)(=O)[C@@H](C)[C@H](OC)c3ncc(C)cn3)n2-c2ccccc2Cl)n1. The first-order valence-corrected chi connectivity index (χ1v) is 13.1. The Labute approximate surface area is 214 Å². The summed E-state index contributed by atoms with van der Waals surface area (Å²) in [7, 11) is -0.887. The highest BCUT2D eigenvalue weighted by Gasteiger charge is 2.35. The summed E-state index contributed by atoms with van der Waals surface area (Å²) < 4.78 is 39.5. The molecule has 0 saturated carbocycles. The van der Waals surface area contributed by atoms with Gasteiger partial charge in [-0.25, -0.2) is 23.4 Å². The van der Waals surface area contributed by atoms with Gasteiger partial charge in [-0.3, -0.25) is 4.57 Å². The summed E-state index contributed by atoms with van der Waals surface area (Å²) in [6.07, 6.45) is 2.37. The molecule has 1 aromatic carbocycles. The lowest BCUT2D eigenvalue weighted by Gasteiger charge is -2.21. The number of aryl methyl sites for hydroxylation is 1. The van der Waals surface area contributed by atoms with Gasteiger partial charge in [-0.2, -0.15) is 0 Å². The molecule has 0 unspecified atom stereocenters. The lowest BCUT2D eigenvalue weighted by Crippen LogP contribution is -2.30. The van der Waals surface area contributed by atoms with Crippen LogP contribution in [-0.4, -0.2) is 57.6 Å². The Kier molecular flexibility index (Phi) is 7.62. The first kappa shape index (κ1) is 25.7. The number of rotatable bonds is 9. The number of aromatic nitrogens is 6. The first-order chi connectivity index (χ1) is 17.2. The van der Waals surface area contributed by atoms with Crippen LogP contribution in [0.1, 0.15) is 30.2 Å². The van der Waals surface area contributed by atoms with Crippen LogP contribution in [0.5, 0.6) is 5.88 Å². The van der Waals surface area contributed by atoms with Gasteiger partial charge in [0.15, 0.2) is 27.3 Å². The van der Waals surface area contributed by atoms with Crippen molar-refractivity contribution in [2.45, 2.75) is 31.0 Å². The number of pyridine rings is 1. The average molecular weight is 529 g/mol. The maximum absolute atomic E-state index is 13.6. The summed E-state index contributed by atoms with van der Waals surface area (Å²) >= 11 is 6.50. The number of hydrogen-bond acceptors (Lipinski definition) is 9. The van der Waals surface area contributed by atoms with Crippen molar-refractivity contribution in [3.63, 3.8) is 0 Å². The molecule has 0 bridgehead atoms. The first-order valence-electron chi connectivity index (χ1n) is 11.0. The van der Waals surface area contributed by atoms with E-state index in [9.17, 15) is 8.42 Å². The number of nitrogens with zero attached hydrogens (tertiary/aromatic N) is 6. The lowest BCUT2D eigenvalue weighted by atomic mass is 10.2. The maximum atomic E-state index is 13.6. The van der Waals surface area contributed by atoms with E-state index in [0.717, 1.165) is 5.56 Å². The molecule has 0 fully saturated rings. The van der Waals surface area contributed by atoms with Crippen LogP contribution >= 0.6 is 11.6 Å². The van der Waals surface area contributed by atoms with Crippen LogP contribution in [-0.2, 0) is 20.3 Å². The number of hydrogen-bond donors (Lipinski definition) is 0. The second-order valence-electron chi connectivity index (χ2n) is 8.08. The Morgan fingerprint density at radius 3 is 2.42 bits per heavy atom. The smallest absolute Gasteiger partial charge is 0.213 e. The van der Waals surface area contributed by atoms with Gasteiger partial charge in [-0.1, -0.05) is 29.8 Å². The van der Waals surface area contributed by atoms with Gasteiger partial charge in [0.05, 0.1) is 23.1 Å². The normalized spacial score (nSPS) is 13.4. The van der Waals surface area contributed by atoms with Crippen LogP contribution < -0.4 is 4.74 Å². The minimum Gasteiger partial charge on any atom is -0.481 e. The summed E-state index contributed by atoms with van der Waals surface area (Å²) in [5, 5.41) is 7.92. The molecule has 0 N–H and O–H groups in total. The quantitative estimate of drug-likeness (QED) is 0.319. The molecule has 2 atom stereocenters. The van der Waals surface area contributed by atoms with Crippen molar-refractivity contribution in [2.24, 2.45) is 0 Å². The molecule has 10 nitrogen and oxygen atoms in total. The highest BCUT2D eigenvalue weighted by Crippen LogP contribution is 2.30. The third kappa shape index (κ3) is 5.23. The third-order valence-electron chi connectivity index (χ3n) is 5.62. The van der Waals surface area contributed by atoms with Gasteiger partial charge in [0.1, 0.15) is 17.6 Å². The van der Waals surface area contributed by atoms with E-state index in [4.69, 9.17) is 21.1 Å². The summed E-state index contributed by atoms with van der Waals surface area (Å²) in [6.45, 7) is 3.41. The van der Waals surface area contributed by atoms with Gasteiger partial charge in [0.2, 0.25) is 5.88 Å². The summed E-state index contributed by atoms with van der Waals surface area (Å²) in [4.78, 5) is 12.9. The molecule has 0 radical (unpaired) electrons. The van der Waals surface area contributed by atoms with Crippen LogP contribution in [0.25, 0.3) is 17.2 Å². The monoisotopic (exact) mass is 528 g/mol. The largest absolute Gasteiger partial charge is 0.481 e. The number of benzene rings is 1. The molecular formula is C24H25ClN6O4S. The zero-order valence-corrected chi connectivity index (χ0v) is 21.7. The topological polar surface area (TPSA) is 122 Å². The van der Waals surface area contributed by atoms with Gasteiger partial charge in [0, 0.05) is 25.6 Å². The third-order valence-corrected chi connectivity index (χ3v) is 7.98. The fourth-order valence-corrected chi connectivity index (χ4v) is 5.31. The second-order valence-corrected chi connectivity index (χ2v) is 10.8. The van der Waals surface area contributed by atoms with E-state index >= 15 is 0 Å². The summed E-state index contributed by atoms with van der Waals surface area (Å²) in [6, 6.07) is 12.2. The highest BCUT2D eigenvalue weighted by molar-refractivity contribution is 7.91. The summed E-state index contributed by atoms with van der Waals surface area (Å²) in [5.41, 5.74) is 1.82. The van der Waals surface area contributed by atoms with Gasteiger partial charge in [0.25, 0.3) is 0 Å². The zero-order valence-electron chi connectivity index (χ0n) is 20.2.